The molecule has 2 aromatic rings. The molecular formula is C20H27N5O5S. The summed E-state index contributed by atoms with van der Waals surface area (Å²) in [6.45, 7) is 8.14. The van der Waals surface area contributed by atoms with E-state index in [0.717, 1.165) is 5.56 Å². The first-order valence-electron chi connectivity index (χ1n) is 10.0. The molecule has 1 aromatic heterocycles. The number of nitrogens with one attached hydrogen (secondary N) is 2. The first-order valence-corrected chi connectivity index (χ1v) is 11.5. The second-order valence-electron chi connectivity index (χ2n) is 7.36. The minimum Gasteiger partial charge on any atom is -0.360 e. The minimum atomic E-state index is -3.74. The molecule has 3 amide bonds. The molecule has 1 aliphatic heterocycles. The Morgan fingerprint density at radius 1 is 1.13 bits per heavy atom. The van der Waals surface area contributed by atoms with Gasteiger partial charge in [0.05, 0.1) is 0 Å². The summed E-state index contributed by atoms with van der Waals surface area (Å²) in [4.78, 5) is 26.4. The van der Waals surface area contributed by atoms with Crippen molar-refractivity contribution < 1.29 is 22.5 Å². The zero-order chi connectivity index (χ0) is 22.8. The molecule has 1 aliphatic rings. The van der Waals surface area contributed by atoms with Gasteiger partial charge in [0.2, 0.25) is 10.0 Å². The van der Waals surface area contributed by atoms with Gasteiger partial charge in [-0.2, -0.15) is 4.31 Å². The number of nitrogens with zero attached hydrogens (tertiary/aromatic N) is 3. The molecule has 168 valence electrons. The number of hydrogen-bond donors (Lipinski definition) is 2. The first-order chi connectivity index (χ1) is 14.6. The van der Waals surface area contributed by atoms with Crippen molar-refractivity contribution in [1.82, 2.24) is 19.7 Å². The van der Waals surface area contributed by atoms with Gasteiger partial charge in [-0.1, -0.05) is 11.2 Å². The highest BCUT2D eigenvalue weighted by atomic mass is 32.2. The topological polar surface area (TPSA) is 125 Å². The Morgan fingerprint density at radius 3 is 2.39 bits per heavy atom. The van der Waals surface area contributed by atoms with Gasteiger partial charge in [-0.05, 0) is 45.4 Å². The van der Waals surface area contributed by atoms with E-state index in [1.807, 2.05) is 13.8 Å². The number of rotatable bonds is 5. The molecule has 0 radical (unpaired) electrons. The van der Waals surface area contributed by atoms with Crippen molar-refractivity contribution in [2.24, 2.45) is 0 Å². The van der Waals surface area contributed by atoms with Gasteiger partial charge in [-0.25, -0.2) is 13.2 Å². The van der Waals surface area contributed by atoms with E-state index in [-0.39, 0.29) is 48.8 Å². The lowest BCUT2D eigenvalue weighted by Crippen LogP contribution is -2.51. The predicted molar refractivity (Wildman–Crippen MR) is 115 cm³/mol. The number of aryl methyl sites for hydroxylation is 3. The van der Waals surface area contributed by atoms with Crippen molar-refractivity contribution in [3.63, 3.8) is 0 Å². The van der Waals surface area contributed by atoms with Gasteiger partial charge in [-0.3, -0.25) is 4.79 Å². The summed E-state index contributed by atoms with van der Waals surface area (Å²) in [6, 6.07) is 4.77. The van der Waals surface area contributed by atoms with Crippen LogP contribution in [0.15, 0.2) is 27.6 Å². The molecule has 0 saturated carbocycles. The maximum absolute atomic E-state index is 12.9. The highest BCUT2D eigenvalue weighted by Gasteiger charge is 2.34. The van der Waals surface area contributed by atoms with Gasteiger partial charge < -0.3 is 20.1 Å². The average molecular weight is 450 g/mol. The maximum atomic E-state index is 12.9. The number of hydrogen-bond acceptors (Lipinski definition) is 6. The van der Waals surface area contributed by atoms with E-state index >= 15 is 0 Å². The summed E-state index contributed by atoms with van der Waals surface area (Å²) in [5.41, 5.74) is 2.14. The molecular weight excluding hydrogens is 422 g/mol. The second kappa shape index (κ2) is 9.06. The summed E-state index contributed by atoms with van der Waals surface area (Å²) in [5, 5.41) is 9.28. The van der Waals surface area contributed by atoms with Crippen molar-refractivity contribution in [3.05, 3.63) is 40.8 Å². The predicted octanol–water partition coefficient (Wildman–Crippen LogP) is 1.89. The van der Waals surface area contributed by atoms with Crippen LogP contribution in [0.3, 0.4) is 0 Å². The Hall–Kier alpha value is -2.92. The van der Waals surface area contributed by atoms with E-state index in [0.29, 0.717) is 23.5 Å². The maximum Gasteiger partial charge on any atom is 0.321 e. The molecule has 1 saturated heterocycles. The van der Waals surface area contributed by atoms with E-state index < -0.39 is 10.0 Å². The van der Waals surface area contributed by atoms with E-state index in [4.69, 9.17) is 4.52 Å². The van der Waals surface area contributed by atoms with Crippen LogP contribution >= 0.6 is 0 Å². The van der Waals surface area contributed by atoms with Crippen molar-refractivity contribution in [3.8, 4) is 0 Å². The monoisotopic (exact) mass is 449 g/mol. The number of piperazine rings is 1. The third kappa shape index (κ3) is 4.72. The molecule has 1 aromatic carbocycles. The molecule has 10 nitrogen and oxygen atoms in total. The molecule has 0 spiro atoms. The number of sulfonamides is 1. The van der Waals surface area contributed by atoms with Crippen LogP contribution in [0.2, 0.25) is 0 Å². The Kier molecular flexibility index (Phi) is 6.65. The second-order valence-corrected chi connectivity index (χ2v) is 9.24. The van der Waals surface area contributed by atoms with Crippen LogP contribution in [-0.2, 0) is 10.0 Å². The number of amides is 3. The van der Waals surface area contributed by atoms with Crippen LogP contribution in [0.4, 0.5) is 10.5 Å². The van der Waals surface area contributed by atoms with Gasteiger partial charge in [0.25, 0.3) is 5.91 Å². The fourth-order valence-corrected chi connectivity index (χ4v) is 5.17. The molecule has 1 fully saturated rings. The van der Waals surface area contributed by atoms with Crippen LogP contribution in [0.5, 0.6) is 0 Å². The van der Waals surface area contributed by atoms with Crippen molar-refractivity contribution in [1.29, 1.82) is 0 Å². The first kappa shape index (κ1) is 22.8. The molecule has 0 bridgehead atoms. The lowest BCUT2D eigenvalue weighted by atomic mass is 10.1. The summed E-state index contributed by atoms with van der Waals surface area (Å²) in [6.07, 6.45) is 0. The number of carbonyl (C=O) groups is 2. The molecule has 0 atom stereocenters. The number of anilines is 1. The summed E-state index contributed by atoms with van der Waals surface area (Å²) >= 11 is 0. The SMILES string of the molecule is CCNC(=O)c1ccc(C)c(NC(=O)N2CCN(S(=O)(=O)c3c(C)noc3C)CC2)c1. The number of urea groups is 1. The van der Waals surface area contributed by atoms with Crippen LogP contribution in [-0.4, -0.2) is 67.4 Å². The molecule has 2 heterocycles. The lowest BCUT2D eigenvalue weighted by molar-refractivity contribution is 0.0955. The smallest absolute Gasteiger partial charge is 0.321 e. The summed E-state index contributed by atoms with van der Waals surface area (Å²) in [5.74, 6) is 0.0382. The standard InChI is InChI=1S/C20H27N5O5S/c1-5-21-19(26)16-7-6-13(2)17(12-16)22-20(27)24-8-10-25(11-9-24)31(28,29)18-14(3)23-30-15(18)4/h6-7,12H,5,8-11H2,1-4H3,(H,21,26)(H,22,27). The number of benzene rings is 1. The van der Waals surface area contributed by atoms with E-state index in [1.54, 1.807) is 36.9 Å². The van der Waals surface area contributed by atoms with E-state index in [1.165, 1.54) is 4.31 Å². The van der Waals surface area contributed by atoms with Crippen LogP contribution in [0.1, 0.15) is 34.3 Å². The lowest BCUT2D eigenvalue weighted by Gasteiger charge is -2.34. The Balaban J connectivity index is 1.66. The zero-order valence-corrected chi connectivity index (χ0v) is 18.9. The van der Waals surface area contributed by atoms with Gasteiger partial charge >= 0.3 is 6.03 Å². The van der Waals surface area contributed by atoms with Crippen molar-refractivity contribution in [2.75, 3.05) is 38.0 Å². The fraction of sp³-hybridized carbons (Fsp3) is 0.450. The van der Waals surface area contributed by atoms with Crippen LogP contribution in [0.25, 0.3) is 0 Å². The third-order valence-corrected chi connectivity index (χ3v) is 7.31. The van der Waals surface area contributed by atoms with E-state index in [9.17, 15) is 18.0 Å². The van der Waals surface area contributed by atoms with Gasteiger partial charge in [0, 0.05) is 44.0 Å². The molecule has 11 heteroatoms. The van der Waals surface area contributed by atoms with Crippen LogP contribution < -0.4 is 10.6 Å². The van der Waals surface area contributed by atoms with Gasteiger partial charge in [-0.15, -0.1) is 0 Å². The Labute approximate surface area is 181 Å². The minimum absolute atomic E-state index is 0.0863. The molecule has 31 heavy (non-hydrogen) atoms. The average Bonchev–Trinajstić information content (AvgIpc) is 3.08. The number of carbonyl (C=O) groups excluding carboxylic acids is 2. The molecule has 0 unspecified atom stereocenters. The third-order valence-electron chi connectivity index (χ3n) is 5.17. The summed E-state index contributed by atoms with van der Waals surface area (Å²) in [7, 11) is -3.74. The Bertz CT molecular complexity index is 1070. The quantitative estimate of drug-likeness (QED) is 0.718. The van der Waals surface area contributed by atoms with Crippen molar-refractivity contribution >= 4 is 27.6 Å². The molecule has 0 aliphatic carbocycles. The van der Waals surface area contributed by atoms with Crippen molar-refractivity contribution in [2.45, 2.75) is 32.6 Å². The number of aromatic nitrogens is 1. The van der Waals surface area contributed by atoms with Gasteiger partial charge in [0.1, 0.15) is 10.6 Å². The fourth-order valence-electron chi connectivity index (χ4n) is 3.46. The van der Waals surface area contributed by atoms with E-state index in [2.05, 4.69) is 15.8 Å². The normalized spacial score (nSPS) is 15.0. The Morgan fingerprint density at radius 2 is 1.81 bits per heavy atom. The highest BCUT2D eigenvalue weighted by molar-refractivity contribution is 7.89. The largest absolute Gasteiger partial charge is 0.360 e. The van der Waals surface area contributed by atoms with Gasteiger partial charge in [0.15, 0.2) is 5.76 Å². The zero-order valence-electron chi connectivity index (χ0n) is 18.1. The molecule has 3 rings (SSSR count). The molecule has 2 N–H and O–H groups in total. The highest BCUT2D eigenvalue weighted by Crippen LogP contribution is 2.24. The van der Waals surface area contributed by atoms with Crippen LogP contribution in [0, 0.1) is 20.8 Å². The summed E-state index contributed by atoms with van der Waals surface area (Å²) < 4.78 is 32.2.